The van der Waals surface area contributed by atoms with Crippen molar-refractivity contribution in [3.8, 4) is 0 Å². The molecular weight excluding hydrogens is 162 g/mol. The van der Waals surface area contributed by atoms with E-state index in [4.69, 9.17) is 4.84 Å². The highest BCUT2D eigenvalue weighted by Crippen LogP contribution is 2.65. The standard InChI is InChI=1S/C11H21NO/c1-10(2)8-5-6-11(10,3)9(7-8)12-13-4/h8-9,12H,5-7H2,1-4H3. The van der Waals surface area contributed by atoms with E-state index < -0.39 is 0 Å². The van der Waals surface area contributed by atoms with Gasteiger partial charge in [0.05, 0.1) is 7.11 Å². The maximum Gasteiger partial charge on any atom is 0.0572 e. The fraction of sp³-hybridized carbons (Fsp3) is 1.00. The first-order valence-electron chi connectivity index (χ1n) is 5.31. The van der Waals surface area contributed by atoms with Gasteiger partial charge >= 0.3 is 0 Å². The largest absolute Gasteiger partial charge is 0.305 e. The number of rotatable bonds is 2. The molecule has 2 aliphatic carbocycles. The van der Waals surface area contributed by atoms with Crippen molar-refractivity contribution < 1.29 is 4.84 Å². The average Bonchev–Trinajstić information content (AvgIpc) is 2.37. The van der Waals surface area contributed by atoms with E-state index in [2.05, 4.69) is 26.3 Å². The minimum Gasteiger partial charge on any atom is -0.305 e. The van der Waals surface area contributed by atoms with Crippen molar-refractivity contribution in [3.05, 3.63) is 0 Å². The van der Waals surface area contributed by atoms with E-state index in [1.165, 1.54) is 19.3 Å². The second-order valence-corrected chi connectivity index (χ2v) is 5.49. The molecular formula is C11H21NO. The van der Waals surface area contributed by atoms with Crippen molar-refractivity contribution in [1.29, 1.82) is 0 Å². The first-order valence-corrected chi connectivity index (χ1v) is 5.31. The SMILES string of the molecule is CONC1CC2CCC1(C)C2(C)C. The third kappa shape index (κ3) is 1.02. The summed E-state index contributed by atoms with van der Waals surface area (Å²) in [4.78, 5) is 5.09. The minimum atomic E-state index is 0.438. The Morgan fingerprint density at radius 1 is 1.31 bits per heavy atom. The van der Waals surface area contributed by atoms with Gasteiger partial charge in [0.25, 0.3) is 0 Å². The van der Waals surface area contributed by atoms with Gasteiger partial charge in [-0.25, -0.2) is 0 Å². The van der Waals surface area contributed by atoms with E-state index in [0.29, 0.717) is 16.9 Å². The highest BCUT2D eigenvalue weighted by Gasteiger charge is 2.61. The topological polar surface area (TPSA) is 21.3 Å². The van der Waals surface area contributed by atoms with E-state index >= 15 is 0 Å². The van der Waals surface area contributed by atoms with Crippen LogP contribution in [0.2, 0.25) is 0 Å². The molecule has 2 saturated carbocycles. The summed E-state index contributed by atoms with van der Waals surface area (Å²) in [5.74, 6) is 0.894. The molecule has 0 aromatic carbocycles. The molecule has 0 saturated heterocycles. The normalized spacial score (nSPS) is 47.1. The molecule has 13 heavy (non-hydrogen) atoms. The smallest absolute Gasteiger partial charge is 0.0572 e. The van der Waals surface area contributed by atoms with Crippen molar-refractivity contribution in [2.24, 2.45) is 16.7 Å². The van der Waals surface area contributed by atoms with Crippen molar-refractivity contribution >= 4 is 0 Å². The molecule has 2 nitrogen and oxygen atoms in total. The lowest BCUT2D eigenvalue weighted by molar-refractivity contribution is 0.00116. The predicted molar refractivity (Wildman–Crippen MR) is 53.2 cm³/mol. The van der Waals surface area contributed by atoms with Crippen molar-refractivity contribution in [1.82, 2.24) is 5.48 Å². The Kier molecular flexibility index (Phi) is 1.97. The van der Waals surface area contributed by atoms with Crippen LogP contribution in [0, 0.1) is 16.7 Å². The van der Waals surface area contributed by atoms with Crippen molar-refractivity contribution in [3.63, 3.8) is 0 Å². The molecule has 0 spiro atoms. The van der Waals surface area contributed by atoms with Crippen LogP contribution in [0.4, 0.5) is 0 Å². The first-order chi connectivity index (χ1) is 6.02. The molecule has 0 aromatic heterocycles. The highest BCUT2D eigenvalue weighted by atomic mass is 16.6. The fourth-order valence-electron chi connectivity index (χ4n) is 3.52. The van der Waals surface area contributed by atoms with Gasteiger partial charge in [-0.05, 0) is 36.0 Å². The summed E-state index contributed by atoms with van der Waals surface area (Å²) in [6, 6.07) is 0.561. The van der Waals surface area contributed by atoms with E-state index in [1.807, 2.05) is 0 Å². The van der Waals surface area contributed by atoms with Crippen LogP contribution in [0.5, 0.6) is 0 Å². The Morgan fingerprint density at radius 3 is 2.38 bits per heavy atom. The minimum absolute atomic E-state index is 0.438. The zero-order chi connectivity index (χ0) is 9.69. The lowest BCUT2D eigenvalue weighted by Crippen LogP contribution is -2.43. The molecule has 0 heterocycles. The Hall–Kier alpha value is -0.0800. The van der Waals surface area contributed by atoms with Crippen LogP contribution in [0.15, 0.2) is 0 Å². The van der Waals surface area contributed by atoms with E-state index in [1.54, 1.807) is 7.11 Å². The maximum atomic E-state index is 5.09. The van der Waals surface area contributed by atoms with Gasteiger partial charge in [0.2, 0.25) is 0 Å². The van der Waals surface area contributed by atoms with Crippen molar-refractivity contribution in [2.45, 2.75) is 46.1 Å². The van der Waals surface area contributed by atoms with Gasteiger partial charge in [0, 0.05) is 6.04 Å². The molecule has 1 N–H and O–H groups in total. The summed E-state index contributed by atoms with van der Waals surface area (Å²) in [6.45, 7) is 7.25. The van der Waals surface area contributed by atoms with Crippen LogP contribution in [0.25, 0.3) is 0 Å². The second-order valence-electron chi connectivity index (χ2n) is 5.49. The molecule has 2 bridgehead atoms. The Labute approximate surface area is 81.0 Å². The molecule has 0 aliphatic heterocycles. The third-order valence-corrected chi connectivity index (χ3v) is 5.05. The molecule has 0 radical (unpaired) electrons. The van der Waals surface area contributed by atoms with Crippen LogP contribution < -0.4 is 5.48 Å². The van der Waals surface area contributed by atoms with Gasteiger partial charge in [-0.3, -0.25) is 0 Å². The lowest BCUT2D eigenvalue weighted by Gasteiger charge is -2.38. The second kappa shape index (κ2) is 2.71. The van der Waals surface area contributed by atoms with Gasteiger partial charge < -0.3 is 4.84 Å². The Bertz CT molecular complexity index is 214. The molecule has 0 aromatic rings. The molecule has 2 rings (SSSR count). The molecule has 2 fully saturated rings. The monoisotopic (exact) mass is 183 g/mol. The molecule has 2 heteroatoms. The summed E-state index contributed by atoms with van der Waals surface area (Å²) in [6.07, 6.45) is 4.05. The zero-order valence-corrected chi connectivity index (χ0v) is 9.18. The Morgan fingerprint density at radius 2 is 2.00 bits per heavy atom. The third-order valence-electron chi connectivity index (χ3n) is 5.05. The van der Waals surface area contributed by atoms with Gasteiger partial charge in [-0.15, -0.1) is 0 Å². The zero-order valence-electron chi connectivity index (χ0n) is 9.18. The van der Waals surface area contributed by atoms with E-state index in [0.717, 1.165) is 5.92 Å². The number of fused-ring (bicyclic) bond motifs is 2. The summed E-state index contributed by atoms with van der Waals surface area (Å²) < 4.78 is 0. The van der Waals surface area contributed by atoms with Crippen LogP contribution in [0.3, 0.4) is 0 Å². The van der Waals surface area contributed by atoms with Crippen LogP contribution >= 0.6 is 0 Å². The number of hydroxylamine groups is 1. The van der Waals surface area contributed by atoms with Gasteiger partial charge in [-0.2, -0.15) is 5.48 Å². The highest BCUT2D eigenvalue weighted by molar-refractivity contribution is 5.12. The van der Waals surface area contributed by atoms with E-state index in [9.17, 15) is 0 Å². The summed E-state index contributed by atoms with van der Waals surface area (Å²) in [5.41, 5.74) is 4.10. The number of hydrogen-bond acceptors (Lipinski definition) is 2. The summed E-state index contributed by atoms with van der Waals surface area (Å²) >= 11 is 0. The lowest BCUT2D eigenvalue weighted by atomic mass is 9.69. The quantitative estimate of drug-likeness (QED) is 0.663. The van der Waals surface area contributed by atoms with Gasteiger partial charge in [-0.1, -0.05) is 20.8 Å². The maximum absolute atomic E-state index is 5.09. The molecule has 0 amide bonds. The predicted octanol–water partition coefficient (Wildman–Crippen LogP) is 2.35. The van der Waals surface area contributed by atoms with E-state index in [-0.39, 0.29) is 0 Å². The van der Waals surface area contributed by atoms with Gasteiger partial charge in [0.15, 0.2) is 0 Å². The Balaban J connectivity index is 2.22. The molecule has 3 atom stereocenters. The molecule has 3 unspecified atom stereocenters. The van der Waals surface area contributed by atoms with Crippen LogP contribution in [0.1, 0.15) is 40.0 Å². The van der Waals surface area contributed by atoms with Gasteiger partial charge in [0.1, 0.15) is 0 Å². The molecule has 2 aliphatic rings. The summed E-state index contributed by atoms with van der Waals surface area (Å²) in [5, 5.41) is 0. The van der Waals surface area contributed by atoms with Crippen LogP contribution in [-0.4, -0.2) is 13.2 Å². The fourth-order valence-corrected chi connectivity index (χ4v) is 3.52. The first kappa shape index (κ1) is 9.47. The van der Waals surface area contributed by atoms with Crippen LogP contribution in [-0.2, 0) is 4.84 Å². The number of hydrogen-bond donors (Lipinski definition) is 1. The molecule has 76 valence electrons. The van der Waals surface area contributed by atoms with Crippen molar-refractivity contribution in [2.75, 3.05) is 7.11 Å². The average molecular weight is 183 g/mol. The number of nitrogens with one attached hydrogen (secondary N) is 1. The summed E-state index contributed by atoms with van der Waals surface area (Å²) in [7, 11) is 1.72.